The summed E-state index contributed by atoms with van der Waals surface area (Å²) < 4.78 is 5.35. The summed E-state index contributed by atoms with van der Waals surface area (Å²) in [6.45, 7) is 0.558. The molecule has 1 unspecified atom stereocenters. The van der Waals surface area contributed by atoms with Crippen molar-refractivity contribution in [1.29, 1.82) is 0 Å². The van der Waals surface area contributed by atoms with Crippen LogP contribution in [0, 0.1) is 0 Å². The van der Waals surface area contributed by atoms with E-state index in [4.69, 9.17) is 10.5 Å². The van der Waals surface area contributed by atoms with Gasteiger partial charge in [-0.3, -0.25) is 4.79 Å². The van der Waals surface area contributed by atoms with Crippen molar-refractivity contribution in [2.75, 3.05) is 13.7 Å². The van der Waals surface area contributed by atoms with Crippen molar-refractivity contribution in [3.8, 4) is 5.75 Å². The van der Waals surface area contributed by atoms with Crippen LogP contribution < -0.4 is 15.8 Å². The molecule has 1 aliphatic carbocycles. The Balaban J connectivity index is 2.05. The predicted octanol–water partition coefficient (Wildman–Crippen LogP) is 1.54. The third kappa shape index (κ3) is 2.64. The number of hydrogen-bond acceptors (Lipinski definition) is 3. The zero-order chi connectivity index (χ0) is 13.0. The van der Waals surface area contributed by atoms with Crippen LogP contribution in [0.3, 0.4) is 0 Å². The minimum Gasteiger partial charge on any atom is -0.496 e. The van der Waals surface area contributed by atoms with E-state index in [9.17, 15) is 4.79 Å². The molecule has 98 valence electrons. The van der Waals surface area contributed by atoms with Gasteiger partial charge in [-0.2, -0.15) is 0 Å². The first-order chi connectivity index (χ1) is 8.76. The lowest BCUT2D eigenvalue weighted by Gasteiger charge is -2.14. The van der Waals surface area contributed by atoms with E-state index in [1.54, 1.807) is 7.11 Å². The van der Waals surface area contributed by atoms with Gasteiger partial charge in [0.05, 0.1) is 13.2 Å². The highest BCUT2D eigenvalue weighted by molar-refractivity contribution is 5.76. The number of benzene rings is 1. The van der Waals surface area contributed by atoms with Crippen LogP contribution in [-0.4, -0.2) is 19.6 Å². The van der Waals surface area contributed by atoms with E-state index in [-0.39, 0.29) is 11.9 Å². The largest absolute Gasteiger partial charge is 0.496 e. The molecule has 2 rings (SSSR count). The molecule has 0 aliphatic heterocycles. The van der Waals surface area contributed by atoms with Gasteiger partial charge in [0, 0.05) is 6.42 Å². The second-order valence-corrected chi connectivity index (χ2v) is 4.58. The minimum absolute atomic E-state index is 0.0844. The molecule has 0 heterocycles. The Bertz CT molecular complexity index is 432. The molecule has 1 atom stereocenters. The molecule has 1 aliphatic rings. The van der Waals surface area contributed by atoms with Crippen LogP contribution in [0.15, 0.2) is 18.2 Å². The molecule has 1 aromatic carbocycles. The van der Waals surface area contributed by atoms with Crippen LogP contribution in [0.4, 0.5) is 0 Å². The number of fused-ring (bicyclic) bond motifs is 1. The number of ether oxygens (including phenoxy) is 1. The summed E-state index contributed by atoms with van der Waals surface area (Å²) in [6, 6.07) is 6.14. The van der Waals surface area contributed by atoms with Crippen LogP contribution in [0.2, 0.25) is 0 Å². The lowest BCUT2D eigenvalue weighted by atomic mass is 10.1. The molecule has 18 heavy (non-hydrogen) atoms. The minimum atomic E-state index is 0.0844. The maximum Gasteiger partial charge on any atom is 0.220 e. The molecular formula is C14H20N2O2. The van der Waals surface area contributed by atoms with E-state index in [2.05, 4.69) is 11.4 Å². The van der Waals surface area contributed by atoms with E-state index in [1.807, 2.05) is 12.1 Å². The summed E-state index contributed by atoms with van der Waals surface area (Å²) in [4.78, 5) is 11.7. The van der Waals surface area contributed by atoms with E-state index in [1.165, 1.54) is 11.1 Å². The van der Waals surface area contributed by atoms with Gasteiger partial charge < -0.3 is 15.8 Å². The Morgan fingerprint density at radius 2 is 2.39 bits per heavy atom. The van der Waals surface area contributed by atoms with Crippen molar-refractivity contribution in [3.63, 3.8) is 0 Å². The van der Waals surface area contributed by atoms with Crippen molar-refractivity contribution in [1.82, 2.24) is 5.32 Å². The maximum absolute atomic E-state index is 11.7. The Morgan fingerprint density at radius 1 is 1.56 bits per heavy atom. The number of amides is 1. The fraction of sp³-hybridized carbons (Fsp3) is 0.500. The third-order valence-corrected chi connectivity index (χ3v) is 3.39. The van der Waals surface area contributed by atoms with Crippen molar-refractivity contribution < 1.29 is 9.53 Å². The van der Waals surface area contributed by atoms with Crippen molar-refractivity contribution in [2.24, 2.45) is 5.73 Å². The van der Waals surface area contributed by atoms with Gasteiger partial charge in [0.25, 0.3) is 0 Å². The summed E-state index contributed by atoms with van der Waals surface area (Å²) in [7, 11) is 1.68. The molecule has 4 heteroatoms. The summed E-state index contributed by atoms with van der Waals surface area (Å²) in [6.07, 6.45) is 3.15. The normalized spacial score (nSPS) is 17.3. The first-order valence-corrected chi connectivity index (χ1v) is 6.41. The summed E-state index contributed by atoms with van der Waals surface area (Å²) in [5.74, 6) is 1.01. The van der Waals surface area contributed by atoms with Gasteiger partial charge in [0.1, 0.15) is 5.75 Å². The Morgan fingerprint density at radius 3 is 3.11 bits per heavy atom. The zero-order valence-electron chi connectivity index (χ0n) is 10.7. The highest BCUT2D eigenvalue weighted by Crippen LogP contribution is 2.36. The standard InChI is InChI=1S/C14H20N2O2/c1-18-13-5-2-4-10-11(13)7-8-12(10)16-14(17)6-3-9-15/h2,4-5,12H,3,6-9,15H2,1H3,(H,16,17). The van der Waals surface area contributed by atoms with Gasteiger partial charge in [0.15, 0.2) is 0 Å². The SMILES string of the molecule is COc1cccc2c1CCC2NC(=O)CCCN. The fourth-order valence-electron chi connectivity index (χ4n) is 2.49. The molecule has 0 fully saturated rings. The quantitative estimate of drug-likeness (QED) is 0.830. The number of carbonyl (C=O) groups is 1. The van der Waals surface area contributed by atoms with Crippen LogP contribution in [0.1, 0.15) is 36.4 Å². The van der Waals surface area contributed by atoms with E-state index in [0.717, 1.165) is 25.0 Å². The molecule has 0 saturated heterocycles. The Kier molecular flexibility index (Phi) is 4.20. The average Bonchev–Trinajstić information content (AvgIpc) is 2.79. The van der Waals surface area contributed by atoms with Gasteiger partial charge in [-0.05, 0) is 43.0 Å². The summed E-state index contributed by atoms with van der Waals surface area (Å²) >= 11 is 0. The van der Waals surface area contributed by atoms with Gasteiger partial charge in [-0.25, -0.2) is 0 Å². The highest BCUT2D eigenvalue weighted by Gasteiger charge is 2.25. The molecule has 0 spiro atoms. The molecule has 3 N–H and O–H groups in total. The van der Waals surface area contributed by atoms with Gasteiger partial charge in [-0.1, -0.05) is 12.1 Å². The molecular weight excluding hydrogens is 228 g/mol. The van der Waals surface area contributed by atoms with E-state index >= 15 is 0 Å². The molecule has 0 saturated carbocycles. The third-order valence-electron chi connectivity index (χ3n) is 3.39. The summed E-state index contributed by atoms with van der Waals surface area (Å²) in [5.41, 5.74) is 7.82. The maximum atomic E-state index is 11.7. The second-order valence-electron chi connectivity index (χ2n) is 4.58. The monoisotopic (exact) mass is 248 g/mol. The van der Waals surface area contributed by atoms with E-state index in [0.29, 0.717) is 13.0 Å². The molecule has 0 bridgehead atoms. The van der Waals surface area contributed by atoms with Crippen molar-refractivity contribution in [2.45, 2.75) is 31.7 Å². The van der Waals surface area contributed by atoms with Gasteiger partial charge in [0.2, 0.25) is 5.91 Å². The number of carbonyl (C=O) groups excluding carboxylic acids is 1. The number of nitrogens with two attached hydrogens (primary N) is 1. The van der Waals surface area contributed by atoms with Gasteiger partial charge >= 0.3 is 0 Å². The van der Waals surface area contributed by atoms with Crippen LogP contribution in [0.25, 0.3) is 0 Å². The van der Waals surface area contributed by atoms with Crippen molar-refractivity contribution in [3.05, 3.63) is 29.3 Å². The van der Waals surface area contributed by atoms with Gasteiger partial charge in [-0.15, -0.1) is 0 Å². The first kappa shape index (κ1) is 12.9. The molecule has 4 nitrogen and oxygen atoms in total. The second kappa shape index (κ2) is 5.87. The van der Waals surface area contributed by atoms with Crippen molar-refractivity contribution >= 4 is 5.91 Å². The van der Waals surface area contributed by atoms with E-state index < -0.39 is 0 Å². The van der Waals surface area contributed by atoms with Crippen LogP contribution >= 0.6 is 0 Å². The number of rotatable bonds is 5. The Hall–Kier alpha value is -1.55. The number of hydrogen-bond donors (Lipinski definition) is 2. The fourth-order valence-corrected chi connectivity index (χ4v) is 2.49. The zero-order valence-corrected chi connectivity index (χ0v) is 10.7. The molecule has 0 radical (unpaired) electrons. The van der Waals surface area contributed by atoms with Crippen LogP contribution in [0.5, 0.6) is 5.75 Å². The summed E-state index contributed by atoms with van der Waals surface area (Å²) in [5, 5.41) is 3.07. The highest BCUT2D eigenvalue weighted by atomic mass is 16.5. The predicted molar refractivity (Wildman–Crippen MR) is 70.5 cm³/mol. The topological polar surface area (TPSA) is 64.3 Å². The molecule has 1 amide bonds. The molecule has 1 aromatic rings. The average molecular weight is 248 g/mol. The lowest BCUT2D eigenvalue weighted by Crippen LogP contribution is -2.27. The Labute approximate surface area is 108 Å². The lowest BCUT2D eigenvalue weighted by molar-refractivity contribution is -0.121. The smallest absolute Gasteiger partial charge is 0.220 e. The number of methoxy groups -OCH3 is 1. The molecule has 0 aromatic heterocycles. The first-order valence-electron chi connectivity index (χ1n) is 6.41. The number of nitrogens with one attached hydrogen (secondary N) is 1. The van der Waals surface area contributed by atoms with Crippen LogP contribution in [-0.2, 0) is 11.2 Å².